The molecule has 0 fully saturated rings. The van der Waals surface area contributed by atoms with Crippen LogP contribution in [-0.2, 0) is 4.74 Å². The molecule has 2 unspecified atom stereocenters. The maximum atomic E-state index is 13.2. The molecule has 0 aliphatic carbocycles. The first kappa shape index (κ1) is 17.4. The molecule has 0 saturated heterocycles. The molecule has 1 aromatic carbocycles. The Labute approximate surface area is 126 Å². The Hall–Kier alpha value is -0.640. The van der Waals surface area contributed by atoms with Gasteiger partial charge < -0.3 is 10.1 Å². The summed E-state index contributed by atoms with van der Waals surface area (Å²) < 4.78 is 18.2. The number of hydrogen-bond donors (Lipinski definition) is 1. The minimum Gasteiger partial charge on any atom is -0.383 e. The Kier molecular flexibility index (Phi) is 8.12. The van der Waals surface area contributed by atoms with Crippen LogP contribution in [0.4, 0.5) is 4.39 Å². The SMILES string of the molecule is CCCC(C)C(CNCCOC)c1ccc(F)cc1Cl. The largest absolute Gasteiger partial charge is 0.383 e. The molecule has 0 aliphatic heterocycles. The highest BCUT2D eigenvalue weighted by molar-refractivity contribution is 6.31. The van der Waals surface area contributed by atoms with E-state index in [4.69, 9.17) is 16.3 Å². The highest BCUT2D eigenvalue weighted by Crippen LogP contribution is 2.32. The molecule has 0 aliphatic rings. The van der Waals surface area contributed by atoms with E-state index in [1.54, 1.807) is 7.11 Å². The second-order valence-corrected chi connectivity index (χ2v) is 5.64. The molecule has 1 rings (SSSR count). The molecule has 1 aromatic rings. The van der Waals surface area contributed by atoms with E-state index < -0.39 is 0 Å². The fourth-order valence-electron chi connectivity index (χ4n) is 2.51. The average Bonchev–Trinajstić information content (AvgIpc) is 2.40. The van der Waals surface area contributed by atoms with Gasteiger partial charge in [0.2, 0.25) is 0 Å². The van der Waals surface area contributed by atoms with Gasteiger partial charge >= 0.3 is 0 Å². The molecule has 0 radical (unpaired) electrons. The predicted molar refractivity (Wildman–Crippen MR) is 83.0 cm³/mol. The third-order valence-electron chi connectivity index (χ3n) is 3.64. The van der Waals surface area contributed by atoms with Gasteiger partial charge in [-0.05, 0) is 23.6 Å². The zero-order chi connectivity index (χ0) is 15.0. The van der Waals surface area contributed by atoms with Gasteiger partial charge in [-0.15, -0.1) is 0 Å². The Bertz CT molecular complexity index is 400. The van der Waals surface area contributed by atoms with E-state index in [1.165, 1.54) is 12.1 Å². The zero-order valence-corrected chi connectivity index (χ0v) is 13.3. The van der Waals surface area contributed by atoms with E-state index in [9.17, 15) is 4.39 Å². The minimum atomic E-state index is -0.284. The molecule has 0 saturated carbocycles. The van der Waals surface area contributed by atoms with Gasteiger partial charge in [0.1, 0.15) is 5.82 Å². The van der Waals surface area contributed by atoms with Crippen LogP contribution in [0.3, 0.4) is 0 Å². The summed E-state index contributed by atoms with van der Waals surface area (Å²) >= 11 is 6.22. The van der Waals surface area contributed by atoms with Crippen LogP contribution in [0.2, 0.25) is 5.02 Å². The van der Waals surface area contributed by atoms with Crippen LogP contribution in [0.25, 0.3) is 0 Å². The highest BCUT2D eigenvalue weighted by Gasteiger charge is 2.21. The first-order valence-corrected chi connectivity index (χ1v) is 7.62. The highest BCUT2D eigenvalue weighted by atomic mass is 35.5. The second-order valence-electron chi connectivity index (χ2n) is 5.24. The smallest absolute Gasteiger partial charge is 0.124 e. The number of methoxy groups -OCH3 is 1. The molecule has 114 valence electrons. The summed E-state index contributed by atoms with van der Waals surface area (Å²) in [5, 5.41) is 3.91. The van der Waals surface area contributed by atoms with Gasteiger partial charge in [0.15, 0.2) is 0 Å². The lowest BCUT2D eigenvalue weighted by Crippen LogP contribution is -2.28. The quantitative estimate of drug-likeness (QED) is 0.689. The Morgan fingerprint density at radius 3 is 2.75 bits per heavy atom. The predicted octanol–water partition coefficient (Wildman–Crippen LogP) is 4.23. The van der Waals surface area contributed by atoms with Crippen LogP contribution in [0, 0.1) is 11.7 Å². The zero-order valence-electron chi connectivity index (χ0n) is 12.6. The molecule has 20 heavy (non-hydrogen) atoms. The normalized spacial score (nSPS) is 14.2. The topological polar surface area (TPSA) is 21.3 Å². The molecule has 0 amide bonds. The van der Waals surface area contributed by atoms with Crippen LogP contribution in [0.1, 0.15) is 38.2 Å². The standard InChI is InChI=1S/C16H25ClFNO/c1-4-5-12(2)15(11-19-8-9-20-3)14-7-6-13(18)10-16(14)17/h6-7,10,12,15,19H,4-5,8-9,11H2,1-3H3. The van der Waals surface area contributed by atoms with E-state index in [0.717, 1.165) is 31.5 Å². The average molecular weight is 302 g/mol. The maximum Gasteiger partial charge on any atom is 0.124 e. The van der Waals surface area contributed by atoms with E-state index in [1.807, 2.05) is 6.07 Å². The second kappa shape index (κ2) is 9.32. The minimum absolute atomic E-state index is 0.284. The summed E-state index contributed by atoms with van der Waals surface area (Å²) in [6.45, 7) is 6.73. The summed E-state index contributed by atoms with van der Waals surface area (Å²) in [4.78, 5) is 0. The van der Waals surface area contributed by atoms with Crippen LogP contribution in [0.15, 0.2) is 18.2 Å². The summed E-state index contributed by atoms with van der Waals surface area (Å²) in [5.74, 6) is 0.505. The van der Waals surface area contributed by atoms with Gasteiger partial charge in [-0.25, -0.2) is 4.39 Å². The van der Waals surface area contributed by atoms with Crippen LogP contribution in [-0.4, -0.2) is 26.8 Å². The maximum absolute atomic E-state index is 13.2. The third-order valence-corrected chi connectivity index (χ3v) is 3.97. The number of nitrogens with one attached hydrogen (secondary N) is 1. The van der Waals surface area contributed by atoms with E-state index in [0.29, 0.717) is 23.5 Å². The number of ether oxygens (including phenoxy) is 1. The number of hydrogen-bond acceptors (Lipinski definition) is 2. The van der Waals surface area contributed by atoms with Crippen molar-refractivity contribution in [2.75, 3.05) is 26.8 Å². The molecule has 0 bridgehead atoms. The van der Waals surface area contributed by atoms with Gasteiger partial charge in [-0.2, -0.15) is 0 Å². The lowest BCUT2D eigenvalue weighted by molar-refractivity contribution is 0.198. The first-order chi connectivity index (χ1) is 9.60. The van der Waals surface area contributed by atoms with Crippen molar-refractivity contribution in [3.05, 3.63) is 34.6 Å². The van der Waals surface area contributed by atoms with Crippen LogP contribution in [0.5, 0.6) is 0 Å². The monoisotopic (exact) mass is 301 g/mol. The summed E-state index contributed by atoms with van der Waals surface area (Å²) in [6, 6.07) is 4.70. The number of halogens is 2. The Morgan fingerprint density at radius 1 is 1.40 bits per heavy atom. The molecule has 1 N–H and O–H groups in total. The van der Waals surface area contributed by atoms with Gasteiger partial charge in [0.05, 0.1) is 6.61 Å². The number of benzene rings is 1. The molecule has 0 aromatic heterocycles. The molecule has 2 nitrogen and oxygen atoms in total. The number of rotatable bonds is 9. The van der Waals surface area contributed by atoms with Crippen LogP contribution < -0.4 is 5.32 Å². The fourth-order valence-corrected chi connectivity index (χ4v) is 2.82. The van der Waals surface area contributed by atoms with Gasteiger partial charge in [-0.3, -0.25) is 0 Å². The molecule has 0 heterocycles. The Morgan fingerprint density at radius 2 is 2.15 bits per heavy atom. The van der Waals surface area contributed by atoms with Crippen LogP contribution >= 0.6 is 11.6 Å². The molecular formula is C16H25ClFNO. The van der Waals surface area contributed by atoms with Crippen molar-refractivity contribution in [1.29, 1.82) is 0 Å². The lowest BCUT2D eigenvalue weighted by Gasteiger charge is -2.25. The summed E-state index contributed by atoms with van der Waals surface area (Å²) in [7, 11) is 1.69. The van der Waals surface area contributed by atoms with Gasteiger partial charge in [0, 0.05) is 31.1 Å². The van der Waals surface area contributed by atoms with Crippen molar-refractivity contribution in [3.63, 3.8) is 0 Å². The molecule has 4 heteroatoms. The van der Waals surface area contributed by atoms with E-state index in [-0.39, 0.29) is 5.82 Å². The summed E-state index contributed by atoms with van der Waals surface area (Å²) in [6.07, 6.45) is 2.26. The van der Waals surface area contributed by atoms with Gasteiger partial charge in [-0.1, -0.05) is 44.4 Å². The molecular weight excluding hydrogens is 277 g/mol. The fraction of sp³-hybridized carbons (Fsp3) is 0.625. The Balaban J connectivity index is 2.79. The lowest BCUT2D eigenvalue weighted by atomic mass is 9.84. The van der Waals surface area contributed by atoms with E-state index >= 15 is 0 Å². The third kappa shape index (κ3) is 5.39. The summed E-state index contributed by atoms with van der Waals surface area (Å²) in [5.41, 5.74) is 1.03. The van der Waals surface area contributed by atoms with Crippen molar-refractivity contribution in [1.82, 2.24) is 5.32 Å². The van der Waals surface area contributed by atoms with Crippen molar-refractivity contribution in [2.45, 2.75) is 32.6 Å². The van der Waals surface area contributed by atoms with Crippen molar-refractivity contribution >= 4 is 11.6 Å². The van der Waals surface area contributed by atoms with Crippen molar-refractivity contribution < 1.29 is 9.13 Å². The molecule has 0 spiro atoms. The first-order valence-electron chi connectivity index (χ1n) is 7.24. The van der Waals surface area contributed by atoms with E-state index in [2.05, 4.69) is 19.2 Å². The van der Waals surface area contributed by atoms with Gasteiger partial charge in [0.25, 0.3) is 0 Å². The molecule has 2 atom stereocenters. The van der Waals surface area contributed by atoms with Crippen molar-refractivity contribution in [2.24, 2.45) is 5.92 Å². The van der Waals surface area contributed by atoms with Crippen molar-refractivity contribution in [3.8, 4) is 0 Å².